The van der Waals surface area contributed by atoms with Crippen LogP contribution < -0.4 is 11.2 Å². The molecule has 0 atom stereocenters. The van der Waals surface area contributed by atoms with Crippen LogP contribution in [0.4, 0.5) is 5.88 Å². The first kappa shape index (κ1) is 12.5. The second-order valence-corrected chi connectivity index (χ2v) is 4.64. The summed E-state index contributed by atoms with van der Waals surface area (Å²) in [5, 5.41) is 4.51. The molecule has 0 saturated heterocycles. The molecule has 0 spiro atoms. The zero-order valence-corrected chi connectivity index (χ0v) is 11.0. The van der Waals surface area contributed by atoms with E-state index in [1.165, 1.54) is 6.07 Å². The number of nitrogen functional groups attached to an aromatic ring is 1. The lowest BCUT2D eigenvalue weighted by molar-refractivity contribution is 0.439. The van der Waals surface area contributed by atoms with Gasteiger partial charge in [0.25, 0.3) is 0 Å². The normalized spacial score (nSPS) is 10.7. The average Bonchev–Trinajstić information content (AvgIpc) is 2.82. The topological polar surface area (TPSA) is 84.9 Å². The number of pyridine rings is 1. The van der Waals surface area contributed by atoms with Crippen LogP contribution in [0.1, 0.15) is 0 Å². The molecule has 0 fully saturated rings. The monoisotopic (exact) mass is 287 g/mol. The van der Waals surface area contributed by atoms with E-state index < -0.39 is 0 Å². The molecule has 5 nitrogen and oxygen atoms in total. The summed E-state index contributed by atoms with van der Waals surface area (Å²) in [5.74, 6) is 0.158. The number of anilines is 1. The molecule has 0 aliphatic heterocycles. The van der Waals surface area contributed by atoms with Crippen LogP contribution in [0.2, 0.25) is 5.02 Å². The minimum Gasteiger partial charge on any atom is -0.367 e. The summed E-state index contributed by atoms with van der Waals surface area (Å²) >= 11 is 5.87. The SMILES string of the molecule is Nc1onc(-c2c[nH]ccc2=O)c1-c1ccc(Cl)cc1. The Bertz CT molecular complexity index is 806. The highest BCUT2D eigenvalue weighted by molar-refractivity contribution is 6.30. The van der Waals surface area contributed by atoms with Gasteiger partial charge in [-0.3, -0.25) is 4.79 Å². The summed E-state index contributed by atoms with van der Waals surface area (Å²) < 4.78 is 5.03. The lowest BCUT2D eigenvalue weighted by atomic mass is 10.0. The van der Waals surface area contributed by atoms with Crippen LogP contribution in [0, 0.1) is 0 Å². The standard InChI is InChI=1S/C14H10ClN3O2/c15-9-3-1-8(2-4-9)12-13(18-20-14(12)16)10-7-17-6-5-11(10)19/h1-7H,16H2,(H,17,19). The third-order valence-electron chi connectivity index (χ3n) is 2.93. The van der Waals surface area contributed by atoms with E-state index in [2.05, 4.69) is 10.1 Å². The fraction of sp³-hybridized carbons (Fsp3) is 0. The molecule has 0 radical (unpaired) electrons. The first-order valence-corrected chi connectivity index (χ1v) is 6.23. The van der Waals surface area contributed by atoms with Gasteiger partial charge in [0.1, 0.15) is 5.69 Å². The van der Waals surface area contributed by atoms with Crippen molar-refractivity contribution in [3.05, 3.63) is 58.0 Å². The smallest absolute Gasteiger partial charge is 0.230 e. The van der Waals surface area contributed by atoms with Crippen LogP contribution in [0.5, 0.6) is 0 Å². The fourth-order valence-electron chi connectivity index (χ4n) is 1.98. The van der Waals surface area contributed by atoms with Crippen molar-refractivity contribution in [3.8, 4) is 22.4 Å². The molecule has 3 rings (SSSR count). The van der Waals surface area contributed by atoms with Gasteiger partial charge >= 0.3 is 0 Å². The number of rotatable bonds is 2. The number of hydrogen-bond donors (Lipinski definition) is 2. The Labute approximate surface area is 119 Å². The molecule has 1 aromatic carbocycles. The molecule has 6 heteroatoms. The first-order valence-electron chi connectivity index (χ1n) is 5.85. The van der Waals surface area contributed by atoms with Crippen molar-refractivity contribution in [2.24, 2.45) is 0 Å². The molecule has 0 aliphatic rings. The summed E-state index contributed by atoms with van der Waals surface area (Å²) in [6.07, 6.45) is 3.12. The lowest BCUT2D eigenvalue weighted by Crippen LogP contribution is -2.03. The molecule has 0 bridgehead atoms. The van der Waals surface area contributed by atoms with Crippen LogP contribution in [-0.4, -0.2) is 10.1 Å². The van der Waals surface area contributed by atoms with Crippen molar-refractivity contribution in [3.63, 3.8) is 0 Å². The van der Waals surface area contributed by atoms with Gasteiger partial charge in [-0.1, -0.05) is 28.9 Å². The fourth-order valence-corrected chi connectivity index (χ4v) is 2.11. The van der Waals surface area contributed by atoms with Gasteiger partial charge in [-0.2, -0.15) is 0 Å². The quantitative estimate of drug-likeness (QED) is 0.759. The number of nitrogens with two attached hydrogens (primary N) is 1. The van der Waals surface area contributed by atoms with E-state index in [0.717, 1.165) is 5.56 Å². The van der Waals surface area contributed by atoms with Gasteiger partial charge in [0.05, 0.1) is 11.1 Å². The zero-order chi connectivity index (χ0) is 14.1. The average molecular weight is 288 g/mol. The van der Waals surface area contributed by atoms with Gasteiger partial charge in [0, 0.05) is 23.5 Å². The number of nitrogens with one attached hydrogen (secondary N) is 1. The number of hydrogen-bond acceptors (Lipinski definition) is 4. The molecule has 20 heavy (non-hydrogen) atoms. The lowest BCUT2D eigenvalue weighted by Gasteiger charge is -2.02. The van der Waals surface area contributed by atoms with Crippen molar-refractivity contribution < 1.29 is 4.52 Å². The van der Waals surface area contributed by atoms with Crippen LogP contribution in [0.3, 0.4) is 0 Å². The molecule has 2 aromatic heterocycles. The Hall–Kier alpha value is -2.53. The maximum absolute atomic E-state index is 11.9. The predicted molar refractivity (Wildman–Crippen MR) is 77.4 cm³/mol. The van der Waals surface area contributed by atoms with E-state index in [1.54, 1.807) is 36.7 Å². The molecule has 0 saturated carbocycles. The van der Waals surface area contributed by atoms with Crippen LogP contribution >= 0.6 is 11.6 Å². The molecule has 0 aliphatic carbocycles. The van der Waals surface area contributed by atoms with E-state index in [4.69, 9.17) is 21.9 Å². The van der Waals surface area contributed by atoms with Gasteiger partial charge in [-0.15, -0.1) is 0 Å². The van der Waals surface area contributed by atoms with Gasteiger partial charge in [-0.05, 0) is 17.7 Å². The number of halogens is 1. The van der Waals surface area contributed by atoms with Gasteiger partial charge in [0.2, 0.25) is 5.88 Å². The second kappa shape index (κ2) is 4.86. The van der Waals surface area contributed by atoms with Crippen LogP contribution in [-0.2, 0) is 0 Å². The summed E-state index contributed by atoms with van der Waals surface area (Å²) in [7, 11) is 0. The maximum Gasteiger partial charge on any atom is 0.230 e. The number of benzene rings is 1. The minimum absolute atomic E-state index is 0.158. The largest absolute Gasteiger partial charge is 0.367 e. The molecular formula is C14H10ClN3O2. The Morgan fingerprint density at radius 2 is 1.95 bits per heavy atom. The van der Waals surface area contributed by atoms with E-state index in [0.29, 0.717) is 21.8 Å². The van der Waals surface area contributed by atoms with Gasteiger partial charge in [-0.25, -0.2) is 0 Å². The highest BCUT2D eigenvalue weighted by Gasteiger charge is 2.19. The van der Waals surface area contributed by atoms with E-state index in [1.807, 2.05) is 0 Å². The zero-order valence-electron chi connectivity index (χ0n) is 10.3. The van der Waals surface area contributed by atoms with Crippen molar-refractivity contribution >= 4 is 17.5 Å². The molecular weight excluding hydrogens is 278 g/mol. The van der Waals surface area contributed by atoms with Gasteiger partial charge in [0.15, 0.2) is 5.43 Å². The van der Waals surface area contributed by atoms with Gasteiger partial charge < -0.3 is 15.2 Å². The number of nitrogens with zero attached hydrogens (tertiary/aromatic N) is 1. The molecule has 100 valence electrons. The molecule has 0 unspecified atom stereocenters. The van der Waals surface area contributed by atoms with E-state index in [-0.39, 0.29) is 11.3 Å². The predicted octanol–water partition coefficient (Wildman–Crippen LogP) is 2.93. The summed E-state index contributed by atoms with van der Waals surface area (Å²) in [5.41, 5.74) is 7.84. The molecule has 2 heterocycles. The first-order chi connectivity index (χ1) is 9.66. The summed E-state index contributed by atoms with van der Waals surface area (Å²) in [6, 6.07) is 8.49. The van der Waals surface area contributed by atoms with Crippen LogP contribution in [0.15, 0.2) is 52.0 Å². The van der Waals surface area contributed by atoms with E-state index in [9.17, 15) is 4.79 Å². The van der Waals surface area contributed by atoms with Crippen molar-refractivity contribution in [2.75, 3.05) is 5.73 Å². The number of aromatic amines is 1. The third-order valence-corrected chi connectivity index (χ3v) is 3.18. The second-order valence-electron chi connectivity index (χ2n) is 4.20. The Kier molecular flexibility index (Phi) is 3.04. The Morgan fingerprint density at radius 3 is 2.65 bits per heavy atom. The third kappa shape index (κ3) is 2.08. The van der Waals surface area contributed by atoms with Crippen molar-refractivity contribution in [2.45, 2.75) is 0 Å². The highest BCUT2D eigenvalue weighted by Crippen LogP contribution is 2.35. The van der Waals surface area contributed by atoms with Crippen molar-refractivity contribution in [1.82, 2.24) is 10.1 Å². The van der Waals surface area contributed by atoms with Crippen LogP contribution in [0.25, 0.3) is 22.4 Å². The number of H-pyrrole nitrogens is 1. The summed E-state index contributed by atoms with van der Waals surface area (Å²) in [4.78, 5) is 14.8. The summed E-state index contributed by atoms with van der Waals surface area (Å²) in [6.45, 7) is 0. The number of aromatic nitrogens is 2. The van der Waals surface area contributed by atoms with E-state index >= 15 is 0 Å². The molecule has 3 aromatic rings. The Morgan fingerprint density at radius 1 is 1.20 bits per heavy atom. The highest BCUT2D eigenvalue weighted by atomic mass is 35.5. The maximum atomic E-state index is 11.9. The molecule has 3 N–H and O–H groups in total. The minimum atomic E-state index is -0.160. The van der Waals surface area contributed by atoms with Crippen molar-refractivity contribution in [1.29, 1.82) is 0 Å². The Balaban J connectivity index is 2.23. The molecule has 0 amide bonds.